The predicted molar refractivity (Wildman–Crippen MR) is 66.1 cm³/mol. The van der Waals surface area contributed by atoms with E-state index in [0.717, 1.165) is 11.0 Å². The number of hydrogen-bond acceptors (Lipinski definition) is 3. The first-order valence-corrected chi connectivity index (χ1v) is 5.45. The van der Waals surface area contributed by atoms with Crippen LogP contribution < -0.4 is 0 Å². The molecule has 0 bridgehead atoms. The molecule has 3 rings (SSSR count). The Kier molecular flexibility index (Phi) is 2.27. The molecule has 2 heterocycles. The molecule has 0 unspecified atom stereocenters. The third-order valence-corrected chi connectivity index (χ3v) is 2.71. The molecule has 3 nitrogen and oxygen atoms in total. The van der Waals surface area contributed by atoms with Crippen LogP contribution in [-0.2, 0) is 0 Å². The molecule has 0 aliphatic rings. The summed E-state index contributed by atoms with van der Waals surface area (Å²) in [6, 6.07) is 10.6. The van der Waals surface area contributed by atoms with E-state index in [1.54, 1.807) is 18.2 Å². The van der Waals surface area contributed by atoms with E-state index in [9.17, 15) is 0 Å². The largest absolute Gasteiger partial charge is 0.506 e. The molecule has 0 aliphatic carbocycles. The minimum Gasteiger partial charge on any atom is -0.506 e. The third-order valence-electron chi connectivity index (χ3n) is 2.48. The average molecular weight is 246 g/mol. The van der Waals surface area contributed by atoms with Gasteiger partial charge >= 0.3 is 0 Å². The Hall–Kier alpha value is -2.00. The highest BCUT2D eigenvalue weighted by atomic mass is 35.5. The van der Waals surface area contributed by atoms with E-state index in [-0.39, 0.29) is 5.75 Å². The van der Waals surface area contributed by atoms with Crippen molar-refractivity contribution in [3.8, 4) is 17.2 Å². The summed E-state index contributed by atoms with van der Waals surface area (Å²) in [7, 11) is 0. The zero-order valence-electron chi connectivity index (χ0n) is 8.72. The lowest BCUT2D eigenvalue weighted by molar-refractivity contribution is 0.472. The number of hydrogen-bond donors (Lipinski definition) is 1. The van der Waals surface area contributed by atoms with Crippen molar-refractivity contribution in [1.29, 1.82) is 0 Å². The summed E-state index contributed by atoms with van der Waals surface area (Å²) < 4.78 is 5.65. The van der Waals surface area contributed by atoms with Crippen LogP contribution >= 0.6 is 11.6 Å². The fraction of sp³-hybridized carbons (Fsp3) is 0. The lowest BCUT2D eigenvalue weighted by Gasteiger charge is -1.94. The number of benzene rings is 1. The van der Waals surface area contributed by atoms with Crippen LogP contribution in [0.3, 0.4) is 0 Å². The highest BCUT2D eigenvalue weighted by Crippen LogP contribution is 2.28. The Morgan fingerprint density at radius 1 is 1.12 bits per heavy atom. The highest BCUT2D eigenvalue weighted by molar-refractivity contribution is 6.31. The van der Waals surface area contributed by atoms with Gasteiger partial charge < -0.3 is 9.52 Å². The minimum absolute atomic E-state index is 0.132. The van der Waals surface area contributed by atoms with Gasteiger partial charge in [0.2, 0.25) is 0 Å². The van der Waals surface area contributed by atoms with Crippen LogP contribution in [0, 0.1) is 0 Å². The number of fused-ring (bicyclic) bond motifs is 1. The van der Waals surface area contributed by atoms with E-state index in [2.05, 4.69) is 4.98 Å². The second-order valence-corrected chi connectivity index (χ2v) is 4.13. The lowest BCUT2D eigenvalue weighted by atomic mass is 10.2. The Morgan fingerprint density at radius 2 is 2.00 bits per heavy atom. The number of pyridine rings is 1. The number of aromatic hydroxyl groups is 1. The monoisotopic (exact) mass is 245 g/mol. The van der Waals surface area contributed by atoms with Crippen molar-refractivity contribution in [2.24, 2.45) is 0 Å². The van der Waals surface area contributed by atoms with Crippen LogP contribution in [0.1, 0.15) is 0 Å². The van der Waals surface area contributed by atoms with Gasteiger partial charge in [0.25, 0.3) is 0 Å². The minimum atomic E-state index is 0.132. The standard InChI is InChI=1S/C13H8ClNO2/c14-9-1-4-12-8(5-9)6-13(17-12)11-3-2-10(16)7-15-11/h1-7,16H. The maximum atomic E-state index is 9.17. The highest BCUT2D eigenvalue weighted by Gasteiger charge is 2.07. The van der Waals surface area contributed by atoms with Crippen molar-refractivity contribution >= 4 is 22.6 Å². The Balaban J connectivity index is 2.14. The first kappa shape index (κ1) is 10.2. The molecular weight excluding hydrogens is 238 g/mol. The number of aromatic nitrogens is 1. The number of furan rings is 1. The molecule has 1 N–H and O–H groups in total. The third kappa shape index (κ3) is 1.85. The molecule has 17 heavy (non-hydrogen) atoms. The number of halogens is 1. The summed E-state index contributed by atoms with van der Waals surface area (Å²) in [6.07, 6.45) is 1.38. The van der Waals surface area contributed by atoms with Crippen LogP contribution in [0.2, 0.25) is 5.02 Å². The summed E-state index contributed by atoms with van der Waals surface area (Å²) in [5.74, 6) is 0.787. The van der Waals surface area contributed by atoms with E-state index >= 15 is 0 Å². The SMILES string of the molecule is Oc1ccc(-c2cc3cc(Cl)ccc3o2)nc1. The Morgan fingerprint density at radius 3 is 2.76 bits per heavy atom. The molecule has 4 heteroatoms. The second-order valence-electron chi connectivity index (χ2n) is 3.69. The Bertz CT molecular complexity index is 673. The van der Waals surface area contributed by atoms with Gasteiger partial charge in [-0.2, -0.15) is 0 Å². The molecule has 0 aliphatic heterocycles. The van der Waals surface area contributed by atoms with Gasteiger partial charge in [-0.1, -0.05) is 11.6 Å². The second kappa shape index (κ2) is 3.79. The van der Waals surface area contributed by atoms with Crippen molar-refractivity contribution in [3.63, 3.8) is 0 Å². The number of nitrogens with zero attached hydrogens (tertiary/aromatic N) is 1. The van der Waals surface area contributed by atoms with Crippen LogP contribution in [0.4, 0.5) is 0 Å². The predicted octanol–water partition coefficient (Wildman–Crippen LogP) is 3.85. The van der Waals surface area contributed by atoms with Gasteiger partial charge in [-0.15, -0.1) is 0 Å². The van der Waals surface area contributed by atoms with Gasteiger partial charge in [0, 0.05) is 10.4 Å². The van der Waals surface area contributed by atoms with E-state index in [4.69, 9.17) is 21.1 Å². The molecule has 0 atom stereocenters. The molecule has 2 aromatic heterocycles. The molecule has 0 saturated carbocycles. The van der Waals surface area contributed by atoms with Crippen molar-refractivity contribution in [2.45, 2.75) is 0 Å². The fourth-order valence-electron chi connectivity index (χ4n) is 1.67. The number of rotatable bonds is 1. The molecule has 3 aromatic rings. The topological polar surface area (TPSA) is 46.3 Å². The maximum absolute atomic E-state index is 9.17. The normalized spacial score (nSPS) is 10.9. The quantitative estimate of drug-likeness (QED) is 0.708. The van der Waals surface area contributed by atoms with Crippen LogP contribution in [0.5, 0.6) is 5.75 Å². The molecule has 0 radical (unpaired) electrons. The summed E-state index contributed by atoms with van der Waals surface area (Å²) in [4.78, 5) is 4.09. The molecule has 0 fully saturated rings. The summed E-state index contributed by atoms with van der Waals surface area (Å²) in [6.45, 7) is 0. The van der Waals surface area contributed by atoms with Crippen LogP contribution in [0.15, 0.2) is 47.0 Å². The summed E-state index contributed by atoms with van der Waals surface area (Å²) in [5, 5.41) is 10.8. The Labute approximate surface area is 102 Å². The zero-order chi connectivity index (χ0) is 11.8. The molecule has 1 aromatic carbocycles. The smallest absolute Gasteiger partial charge is 0.153 e. The molecule has 84 valence electrons. The van der Waals surface area contributed by atoms with Crippen molar-refractivity contribution in [2.75, 3.05) is 0 Å². The van der Waals surface area contributed by atoms with Crippen molar-refractivity contribution in [3.05, 3.63) is 47.6 Å². The summed E-state index contributed by atoms with van der Waals surface area (Å²) in [5.41, 5.74) is 1.44. The molecule has 0 amide bonds. The fourth-order valence-corrected chi connectivity index (χ4v) is 1.85. The molecular formula is C13H8ClNO2. The van der Waals surface area contributed by atoms with Gasteiger partial charge in [0.15, 0.2) is 5.76 Å². The summed E-state index contributed by atoms with van der Waals surface area (Å²) >= 11 is 5.90. The van der Waals surface area contributed by atoms with E-state index < -0.39 is 0 Å². The van der Waals surface area contributed by atoms with E-state index in [0.29, 0.717) is 16.5 Å². The van der Waals surface area contributed by atoms with Crippen molar-refractivity contribution < 1.29 is 9.52 Å². The van der Waals surface area contributed by atoms with Crippen LogP contribution in [-0.4, -0.2) is 10.1 Å². The molecule has 0 saturated heterocycles. The lowest BCUT2D eigenvalue weighted by Crippen LogP contribution is -1.78. The van der Waals surface area contributed by atoms with Gasteiger partial charge in [-0.05, 0) is 36.4 Å². The van der Waals surface area contributed by atoms with Gasteiger partial charge in [-0.3, -0.25) is 0 Å². The average Bonchev–Trinajstić information content (AvgIpc) is 2.72. The van der Waals surface area contributed by atoms with E-state index in [1.807, 2.05) is 18.2 Å². The van der Waals surface area contributed by atoms with Crippen molar-refractivity contribution in [1.82, 2.24) is 4.98 Å². The molecule has 0 spiro atoms. The van der Waals surface area contributed by atoms with Gasteiger partial charge in [0.1, 0.15) is 17.0 Å². The van der Waals surface area contributed by atoms with Crippen LogP contribution in [0.25, 0.3) is 22.4 Å². The maximum Gasteiger partial charge on any atom is 0.153 e. The van der Waals surface area contributed by atoms with E-state index in [1.165, 1.54) is 6.20 Å². The van der Waals surface area contributed by atoms with Gasteiger partial charge in [0.05, 0.1) is 6.20 Å². The van der Waals surface area contributed by atoms with Gasteiger partial charge in [-0.25, -0.2) is 4.98 Å². The first-order valence-electron chi connectivity index (χ1n) is 5.07. The first-order chi connectivity index (χ1) is 8.22. The zero-order valence-corrected chi connectivity index (χ0v) is 9.48.